The number of aliphatic hydroxyl groups is 3. The summed E-state index contributed by atoms with van der Waals surface area (Å²) in [5.41, 5.74) is 4.77. The Morgan fingerprint density at radius 3 is 1.64 bits per heavy atom. The fourth-order valence-corrected chi connectivity index (χ4v) is 0.0781. The van der Waals surface area contributed by atoms with Crippen molar-refractivity contribution >= 4 is 5.97 Å². The van der Waals surface area contributed by atoms with E-state index in [-0.39, 0.29) is 13.2 Å². The van der Waals surface area contributed by atoms with Gasteiger partial charge in [0.2, 0.25) is 0 Å². The van der Waals surface area contributed by atoms with Crippen molar-refractivity contribution in [1.29, 1.82) is 0 Å². The van der Waals surface area contributed by atoms with Crippen molar-refractivity contribution in [3.63, 3.8) is 0 Å². The minimum absolute atomic E-state index is 0.125. The van der Waals surface area contributed by atoms with Crippen LogP contribution in [-0.2, 0) is 4.79 Å². The van der Waals surface area contributed by atoms with Gasteiger partial charge in [0.1, 0.15) is 6.04 Å². The fraction of sp³-hybridized carbons (Fsp3) is 0.800. The van der Waals surface area contributed by atoms with Gasteiger partial charge in [-0.25, -0.2) is 0 Å². The first-order valence-corrected chi connectivity index (χ1v) is 2.91. The summed E-state index contributed by atoms with van der Waals surface area (Å²) in [5, 5.41) is 31.1. The Morgan fingerprint density at radius 1 is 1.27 bits per heavy atom. The Morgan fingerprint density at radius 2 is 1.64 bits per heavy atom. The van der Waals surface area contributed by atoms with Crippen LogP contribution in [0.3, 0.4) is 0 Å². The van der Waals surface area contributed by atoms with Gasteiger partial charge in [0.15, 0.2) is 0 Å². The maximum absolute atomic E-state index is 9.65. The Labute approximate surface area is 63.9 Å². The van der Waals surface area contributed by atoms with Gasteiger partial charge in [-0.15, -0.1) is 0 Å². The molecule has 0 aliphatic rings. The number of aliphatic carboxylic acids is 1. The third-order valence-electron chi connectivity index (χ3n) is 0.614. The minimum Gasteiger partial charge on any atom is -0.480 e. The number of nitrogens with two attached hydrogens (primary N) is 1. The summed E-state index contributed by atoms with van der Waals surface area (Å²) in [6, 6.07) is -1.13. The van der Waals surface area contributed by atoms with Crippen LogP contribution in [0.25, 0.3) is 0 Å². The van der Waals surface area contributed by atoms with E-state index in [9.17, 15) is 4.79 Å². The molecule has 6 N–H and O–H groups in total. The van der Waals surface area contributed by atoms with Crippen LogP contribution in [0.2, 0.25) is 0 Å². The average Bonchev–Trinajstić information content (AvgIpc) is 2.03. The van der Waals surface area contributed by atoms with Gasteiger partial charge in [0.05, 0.1) is 19.8 Å². The number of carboxylic acid groups (broad SMARTS) is 1. The lowest BCUT2D eigenvalue weighted by Gasteiger charge is -1.96. The largest absolute Gasteiger partial charge is 0.480 e. The quantitative estimate of drug-likeness (QED) is 0.313. The van der Waals surface area contributed by atoms with Crippen LogP contribution in [-0.4, -0.2) is 52.3 Å². The molecule has 0 rings (SSSR count). The number of aliphatic hydroxyl groups excluding tert-OH is 3. The van der Waals surface area contributed by atoms with Gasteiger partial charge in [0, 0.05) is 0 Å². The van der Waals surface area contributed by atoms with Crippen molar-refractivity contribution in [3.8, 4) is 0 Å². The maximum Gasteiger partial charge on any atom is 0.322 e. The van der Waals surface area contributed by atoms with E-state index in [2.05, 4.69) is 0 Å². The highest BCUT2D eigenvalue weighted by Gasteiger charge is 2.06. The van der Waals surface area contributed by atoms with E-state index in [1.807, 2.05) is 0 Å². The topological polar surface area (TPSA) is 124 Å². The van der Waals surface area contributed by atoms with Crippen LogP contribution in [0.1, 0.15) is 0 Å². The van der Waals surface area contributed by atoms with Gasteiger partial charge in [-0.3, -0.25) is 4.79 Å². The molecule has 6 heteroatoms. The predicted molar refractivity (Wildman–Crippen MR) is 36.9 cm³/mol. The molecule has 0 aliphatic carbocycles. The number of rotatable bonds is 3. The molecule has 0 aliphatic heterocycles. The van der Waals surface area contributed by atoms with Crippen LogP contribution in [0.5, 0.6) is 0 Å². The minimum atomic E-state index is -1.18. The van der Waals surface area contributed by atoms with Crippen molar-refractivity contribution in [3.05, 3.63) is 0 Å². The molecule has 0 bridgehead atoms. The summed E-state index contributed by atoms with van der Waals surface area (Å²) in [6.07, 6.45) is 0. The molecule has 0 spiro atoms. The van der Waals surface area contributed by atoms with E-state index in [0.717, 1.165) is 0 Å². The molecule has 0 fully saturated rings. The summed E-state index contributed by atoms with van der Waals surface area (Å²) in [4.78, 5) is 9.65. The Balaban J connectivity index is 0. The zero-order chi connectivity index (χ0) is 9.28. The van der Waals surface area contributed by atoms with Crippen LogP contribution >= 0.6 is 0 Å². The van der Waals surface area contributed by atoms with Gasteiger partial charge >= 0.3 is 5.97 Å². The monoisotopic (exact) mass is 167 g/mol. The number of hydrogen-bond acceptors (Lipinski definition) is 5. The summed E-state index contributed by atoms with van der Waals surface area (Å²) in [6.45, 7) is -0.755. The molecule has 0 saturated carbocycles. The van der Waals surface area contributed by atoms with Crippen molar-refractivity contribution in [2.45, 2.75) is 6.04 Å². The summed E-state index contributed by atoms with van der Waals surface area (Å²) < 4.78 is 0. The van der Waals surface area contributed by atoms with Crippen molar-refractivity contribution < 1.29 is 25.2 Å². The van der Waals surface area contributed by atoms with E-state index >= 15 is 0 Å². The summed E-state index contributed by atoms with van der Waals surface area (Å²) >= 11 is 0. The number of carbonyl (C=O) groups is 1. The molecule has 0 amide bonds. The molecule has 11 heavy (non-hydrogen) atoms. The van der Waals surface area contributed by atoms with Crippen LogP contribution in [0.15, 0.2) is 0 Å². The predicted octanol–water partition coefficient (Wildman–Crippen LogP) is -2.64. The first kappa shape index (κ1) is 12.9. The fourth-order valence-electron chi connectivity index (χ4n) is 0.0781. The summed E-state index contributed by atoms with van der Waals surface area (Å²) in [5.74, 6) is -1.18. The van der Waals surface area contributed by atoms with E-state index in [1.54, 1.807) is 0 Å². The molecule has 0 aromatic rings. The van der Waals surface area contributed by atoms with E-state index in [1.165, 1.54) is 0 Å². The van der Waals surface area contributed by atoms with Gasteiger partial charge in [0.25, 0.3) is 0 Å². The number of carboxylic acids is 1. The van der Waals surface area contributed by atoms with Crippen LogP contribution < -0.4 is 5.73 Å². The lowest BCUT2D eigenvalue weighted by Crippen LogP contribution is -2.33. The lowest BCUT2D eigenvalue weighted by molar-refractivity contribution is -0.139. The van der Waals surface area contributed by atoms with Crippen LogP contribution in [0.4, 0.5) is 0 Å². The molecule has 0 saturated heterocycles. The van der Waals surface area contributed by atoms with Crippen molar-refractivity contribution in [2.75, 3.05) is 19.8 Å². The van der Waals surface area contributed by atoms with Gasteiger partial charge < -0.3 is 26.2 Å². The third kappa shape index (κ3) is 12.5. The highest BCUT2D eigenvalue weighted by molar-refractivity contribution is 5.73. The second-order valence-electron chi connectivity index (χ2n) is 1.57. The molecular weight excluding hydrogens is 154 g/mol. The average molecular weight is 167 g/mol. The lowest BCUT2D eigenvalue weighted by atomic mass is 10.3. The molecule has 1 unspecified atom stereocenters. The smallest absolute Gasteiger partial charge is 0.322 e. The Hall–Kier alpha value is -0.690. The van der Waals surface area contributed by atoms with Crippen molar-refractivity contribution in [1.82, 2.24) is 0 Å². The van der Waals surface area contributed by atoms with E-state index in [0.29, 0.717) is 0 Å². The van der Waals surface area contributed by atoms with Gasteiger partial charge in [-0.05, 0) is 0 Å². The molecule has 0 radical (unpaired) electrons. The molecule has 0 aromatic heterocycles. The number of hydrogen-bond donors (Lipinski definition) is 5. The Kier molecular flexibility index (Phi) is 11.0. The first-order chi connectivity index (χ1) is 5.09. The normalized spacial score (nSPS) is 11.3. The molecular formula is C5H13NO5. The van der Waals surface area contributed by atoms with E-state index < -0.39 is 18.6 Å². The van der Waals surface area contributed by atoms with Gasteiger partial charge in [-0.2, -0.15) is 0 Å². The molecule has 68 valence electrons. The van der Waals surface area contributed by atoms with E-state index in [4.69, 9.17) is 26.2 Å². The zero-order valence-electron chi connectivity index (χ0n) is 5.97. The molecule has 1 atom stereocenters. The second kappa shape index (κ2) is 9.31. The Bertz CT molecular complexity index is 94.9. The van der Waals surface area contributed by atoms with Gasteiger partial charge in [-0.1, -0.05) is 0 Å². The zero-order valence-corrected chi connectivity index (χ0v) is 5.97. The van der Waals surface area contributed by atoms with Crippen LogP contribution in [0, 0.1) is 0 Å². The highest BCUT2D eigenvalue weighted by atomic mass is 16.4. The molecule has 0 heterocycles. The second-order valence-corrected chi connectivity index (χ2v) is 1.57. The SMILES string of the molecule is NC(CO)C(=O)O.OCCO. The van der Waals surface area contributed by atoms with Crippen molar-refractivity contribution in [2.24, 2.45) is 5.73 Å². The summed E-state index contributed by atoms with van der Waals surface area (Å²) in [7, 11) is 0. The standard InChI is InChI=1S/C3H7NO3.C2H6O2/c4-2(1-5)3(6)7;3-1-2-4/h2,5H,1,4H2,(H,6,7);3-4H,1-2H2. The first-order valence-electron chi connectivity index (χ1n) is 2.91. The molecule has 0 aromatic carbocycles. The maximum atomic E-state index is 9.65. The molecule has 6 nitrogen and oxygen atoms in total. The third-order valence-corrected chi connectivity index (χ3v) is 0.614. The highest BCUT2D eigenvalue weighted by Crippen LogP contribution is 1.71.